The molecule has 5 nitrogen and oxygen atoms in total. The molecule has 1 unspecified atom stereocenters. The van der Waals surface area contributed by atoms with E-state index in [1.807, 2.05) is 18.7 Å². The molecular weight excluding hydrogens is 246 g/mol. The second-order valence-corrected chi connectivity index (χ2v) is 4.11. The minimum Gasteiger partial charge on any atom is -0.497 e. The van der Waals surface area contributed by atoms with Crippen molar-refractivity contribution in [2.75, 3.05) is 27.3 Å². The highest BCUT2D eigenvalue weighted by Crippen LogP contribution is 2.29. The predicted molar refractivity (Wildman–Crippen MR) is 72.8 cm³/mol. The average Bonchev–Trinajstić information content (AvgIpc) is 2.43. The maximum atomic E-state index is 11.5. The lowest BCUT2D eigenvalue weighted by molar-refractivity contribution is -0.143. The lowest BCUT2D eigenvalue weighted by Crippen LogP contribution is -2.33. The third-order valence-electron chi connectivity index (χ3n) is 3.10. The molecule has 0 bridgehead atoms. The second kappa shape index (κ2) is 6.99. The van der Waals surface area contributed by atoms with Crippen molar-refractivity contribution >= 4 is 5.97 Å². The monoisotopic (exact) mass is 267 g/mol. The zero-order chi connectivity index (χ0) is 14.4. The first-order chi connectivity index (χ1) is 9.07. The van der Waals surface area contributed by atoms with Crippen molar-refractivity contribution in [1.29, 1.82) is 0 Å². The molecule has 1 aromatic rings. The number of rotatable bonds is 7. The molecule has 0 saturated carbocycles. The molecule has 19 heavy (non-hydrogen) atoms. The van der Waals surface area contributed by atoms with Crippen LogP contribution < -0.4 is 9.47 Å². The number of likely N-dealkylation sites (N-methyl/N-ethyl adjacent to an activating group) is 1. The van der Waals surface area contributed by atoms with Crippen LogP contribution in [0.15, 0.2) is 18.2 Å². The Morgan fingerprint density at radius 1 is 1.16 bits per heavy atom. The van der Waals surface area contributed by atoms with Crippen molar-refractivity contribution < 1.29 is 19.4 Å². The van der Waals surface area contributed by atoms with Crippen molar-refractivity contribution in [2.24, 2.45) is 0 Å². The van der Waals surface area contributed by atoms with Crippen LogP contribution in [0.5, 0.6) is 11.5 Å². The Hall–Kier alpha value is -1.75. The van der Waals surface area contributed by atoms with Gasteiger partial charge in [-0.3, -0.25) is 9.69 Å². The molecular formula is C14H21NO4. The number of carboxylic acid groups (broad SMARTS) is 1. The summed E-state index contributed by atoms with van der Waals surface area (Å²) < 4.78 is 10.4. The number of benzene rings is 1. The first kappa shape index (κ1) is 15.3. The molecule has 0 saturated heterocycles. The van der Waals surface area contributed by atoms with Gasteiger partial charge < -0.3 is 14.6 Å². The molecule has 106 valence electrons. The van der Waals surface area contributed by atoms with E-state index in [2.05, 4.69) is 0 Å². The summed E-state index contributed by atoms with van der Waals surface area (Å²) >= 11 is 0. The van der Waals surface area contributed by atoms with Gasteiger partial charge in [0.2, 0.25) is 0 Å². The highest BCUT2D eigenvalue weighted by molar-refractivity contribution is 5.76. The fourth-order valence-corrected chi connectivity index (χ4v) is 2.09. The summed E-state index contributed by atoms with van der Waals surface area (Å²) in [4.78, 5) is 13.4. The van der Waals surface area contributed by atoms with E-state index in [-0.39, 0.29) is 0 Å². The van der Waals surface area contributed by atoms with Gasteiger partial charge >= 0.3 is 5.97 Å². The van der Waals surface area contributed by atoms with E-state index in [0.717, 1.165) is 0 Å². The van der Waals surface area contributed by atoms with E-state index in [4.69, 9.17) is 9.47 Å². The summed E-state index contributed by atoms with van der Waals surface area (Å²) in [6.07, 6.45) is 0. The zero-order valence-electron chi connectivity index (χ0n) is 11.8. The molecule has 0 radical (unpaired) electrons. The molecule has 1 N–H and O–H groups in total. The van der Waals surface area contributed by atoms with Crippen molar-refractivity contribution in [3.8, 4) is 11.5 Å². The summed E-state index contributed by atoms with van der Waals surface area (Å²) in [5.41, 5.74) is 0.660. The summed E-state index contributed by atoms with van der Waals surface area (Å²) in [6, 6.07) is 4.50. The number of hydrogen-bond acceptors (Lipinski definition) is 4. The highest BCUT2D eigenvalue weighted by Gasteiger charge is 2.26. The van der Waals surface area contributed by atoms with Crippen LogP contribution in [-0.4, -0.2) is 43.3 Å². The number of hydrogen-bond donors (Lipinski definition) is 1. The number of carboxylic acids is 1. The minimum atomic E-state index is -0.876. The topological polar surface area (TPSA) is 59.0 Å². The van der Waals surface area contributed by atoms with Gasteiger partial charge in [0.15, 0.2) is 0 Å². The lowest BCUT2D eigenvalue weighted by atomic mass is 10.0. The molecule has 0 aliphatic rings. The predicted octanol–water partition coefficient (Wildman–Crippen LogP) is 2.17. The van der Waals surface area contributed by atoms with E-state index in [1.54, 1.807) is 32.4 Å². The van der Waals surface area contributed by atoms with Gasteiger partial charge in [-0.25, -0.2) is 0 Å². The fraction of sp³-hybridized carbons (Fsp3) is 0.500. The first-order valence-corrected chi connectivity index (χ1v) is 6.27. The van der Waals surface area contributed by atoms with Crippen LogP contribution >= 0.6 is 0 Å². The van der Waals surface area contributed by atoms with E-state index >= 15 is 0 Å². The standard InChI is InChI=1S/C14H21NO4/c1-5-15(6-2)13(14(16)17)10-7-11(18-3)9-12(8-10)19-4/h7-9,13H,5-6H2,1-4H3,(H,16,17). The Balaban J connectivity index is 3.25. The lowest BCUT2D eigenvalue weighted by Gasteiger charge is -2.27. The Labute approximate surface area is 113 Å². The van der Waals surface area contributed by atoms with Crippen molar-refractivity contribution in [1.82, 2.24) is 4.90 Å². The SMILES string of the molecule is CCN(CC)C(C(=O)O)c1cc(OC)cc(OC)c1. The molecule has 0 aromatic heterocycles. The number of methoxy groups -OCH3 is 2. The van der Waals surface area contributed by atoms with E-state index in [0.29, 0.717) is 30.2 Å². The van der Waals surface area contributed by atoms with Gasteiger partial charge in [-0.2, -0.15) is 0 Å². The molecule has 0 amide bonds. The fourth-order valence-electron chi connectivity index (χ4n) is 2.09. The smallest absolute Gasteiger partial charge is 0.325 e. The molecule has 1 atom stereocenters. The van der Waals surface area contributed by atoms with Crippen molar-refractivity contribution in [3.63, 3.8) is 0 Å². The Morgan fingerprint density at radius 2 is 1.63 bits per heavy atom. The largest absolute Gasteiger partial charge is 0.497 e. The number of carbonyl (C=O) groups is 1. The summed E-state index contributed by atoms with van der Waals surface area (Å²) in [7, 11) is 3.09. The molecule has 0 spiro atoms. The Kier molecular flexibility index (Phi) is 5.63. The normalized spacial score (nSPS) is 12.3. The molecule has 0 aliphatic heterocycles. The summed E-state index contributed by atoms with van der Waals surface area (Å²) in [5.74, 6) is 0.305. The van der Waals surface area contributed by atoms with E-state index in [1.165, 1.54) is 0 Å². The van der Waals surface area contributed by atoms with Crippen LogP contribution in [0.4, 0.5) is 0 Å². The van der Waals surface area contributed by atoms with Crippen molar-refractivity contribution in [2.45, 2.75) is 19.9 Å². The van der Waals surface area contributed by atoms with E-state index < -0.39 is 12.0 Å². The third-order valence-corrected chi connectivity index (χ3v) is 3.10. The zero-order valence-corrected chi connectivity index (χ0v) is 11.8. The number of aliphatic carboxylic acids is 1. The third kappa shape index (κ3) is 3.61. The highest BCUT2D eigenvalue weighted by atomic mass is 16.5. The van der Waals surface area contributed by atoms with Crippen LogP contribution in [0.25, 0.3) is 0 Å². The Morgan fingerprint density at radius 3 is 1.95 bits per heavy atom. The molecule has 0 fully saturated rings. The van der Waals surface area contributed by atoms with Crippen LogP contribution in [0.2, 0.25) is 0 Å². The van der Waals surface area contributed by atoms with Gasteiger partial charge in [0.05, 0.1) is 14.2 Å². The summed E-state index contributed by atoms with van der Waals surface area (Å²) in [6.45, 7) is 5.20. The van der Waals surface area contributed by atoms with Gasteiger partial charge in [0.1, 0.15) is 17.5 Å². The summed E-state index contributed by atoms with van der Waals surface area (Å²) in [5, 5.41) is 9.46. The van der Waals surface area contributed by atoms with Crippen LogP contribution in [0.3, 0.4) is 0 Å². The van der Waals surface area contributed by atoms with Gasteiger partial charge in [-0.1, -0.05) is 13.8 Å². The minimum absolute atomic E-state index is 0.591. The molecule has 1 rings (SSSR count). The van der Waals surface area contributed by atoms with Crippen LogP contribution in [-0.2, 0) is 4.79 Å². The van der Waals surface area contributed by atoms with Crippen LogP contribution in [0.1, 0.15) is 25.5 Å². The van der Waals surface area contributed by atoms with Gasteiger partial charge in [-0.05, 0) is 30.8 Å². The quantitative estimate of drug-likeness (QED) is 0.820. The maximum absolute atomic E-state index is 11.5. The second-order valence-electron chi connectivity index (χ2n) is 4.11. The molecule has 1 aromatic carbocycles. The molecule has 5 heteroatoms. The van der Waals surface area contributed by atoms with Crippen LogP contribution in [0, 0.1) is 0 Å². The molecule has 0 heterocycles. The number of ether oxygens (including phenoxy) is 2. The van der Waals surface area contributed by atoms with Gasteiger partial charge in [0, 0.05) is 6.07 Å². The van der Waals surface area contributed by atoms with Crippen molar-refractivity contribution in [3.05, 3.63) is 23.8 Å². The molecule has 0 aliphatic carbocycles. The first-order valence-electron chi connectivity index (χ1n) is 6.27. The Bertz CT molecular complexity index is 407. The van der Waals surface area contributed by atoms with Gasteiger partial charge in [0.25, 0.3) is 0 Å². The van der Waals surface area contributed by atoms with Gasteiger partial charge in [-0.15, -0.1) is 0 Å². The average molecular weight is 267 g/mol. The number of nitrogens with zero attached hydrogens (tertiary/aromatic N) is 1. The maximum Gasteiger partial charge on any atom is 0.325 e. The van der Waals surface area contributed by atoms with E-state index in [9.17, 15) is 9.90 Å².